The van der Waals surface area contributed by atoms with Crippen LogP contribution in [0.2, 0.25) is 0 Å². The monoisotopic (exact) mass is 264 g/mol. The summed E-state index contributed by atoms with van der Waals surface area (Å²) in [5, 5.41) is 14.5. The molecule has 0 saturated heterocycles. The first-order chi connectivity index (χ1) is 9.74. The lowest BCUT2D eigenvalue weighted by Crippen LogP contribution is -2.12. The molecule has 1 aromatic heterocycles. The van der Waals surface area contributed by atoms with E-state index in [0.29, 0.717) is 5.69 Å². The number of hydrogen-bond donors (Lipinski definition) is 2. The average molecular weight is 264 g/mol. The summed E-state index contributed by atoms with van der Waals surface area (Å²) in [7, 11) is 0. The minimum absolute atomic E-state index is 0.134. The summed E-state index contributed by atoms with van der Waals surface area (Å²) in [6.07, 6.45) is 2.71. The van der Waals surface area contributed by atoms with E-state index in [-0.39, 0.29) is 17.2 Å². The molecule has 0 aliphatic heterocycles. The number of nitrogens with zero attached hydrogens (tertiary/aromatic N) is 1. The van der Waals surface area contributed by atoms with Crippen LogP contribution in [0.1, 0.15) is 10.4 Å². The smallest absolute Gasteiger partial charge is 0.259 e. The number of aromatic hydroxyl groups is 1. The summed E-state index contributed by atoms with van der Waals surface area (Å²) in [6.45, 7) is 0. The van der Waals surface area contributed by atoms with Gasteiger partial charge >= 0.3 is 0 Å². The molecule has 3 rings (SSSR count). The van der Waals surface area contributed by atoms with Gasteiger partial charge in [0.1, 0.15) is 5.75 Å². The van der Waals surface area contributed by atoms with Crippen LogP contribution < -0.4 is 5.32 Å². The third-order valence-electron chi connectivity index (χ3n) is 3.05. The van der Waals surface area contributed by atoms with Crippen LogP contribution in [0.3, 0.4) is 0 Å². The number of pyridine rings is 1. The number of aromatic nitrogens is 1. The second-order valence-corrected chi connectivity index (χ2v) is 4.41. The zero-order valence-corrected chi connectivity index (χ0v) is 10.6. The Kier molecular flexibility index (Phi) is 3.05. The van der Waals surface area contributed by atoms with E-state index in [1.165, 1.54) is 18.5 Å². The lowest BCUT2D eigenvalue weighted by atomic mass is 10.1. The van der Waals surface area contributed by atoms with Gasteiger partial charge in [0.25, 0.3) is 5.91 Å². The number of carbonyl (C=O) groups excluding carboxylic acids is 1. The maximum atomic E-state index is 12.1. The Labute approximate surface area is 115 Å². The van der Waals surface area contributed by atoms with Crippen molar-refractivity contribution in [2.75, 3.05) is 5.32 Å². The van der Waals surface area contributed by atoms with Crippen LogP contribution in [0.5, 0.6) is 5.75 Å². The van der Waals surface area contributed by atoms with Crippen LogP contribution >= 0.6 is 0 Å². The maximum absolute atomic E-state index is 12.1. The van der Waals surface area contributed by atoms with Crippen molar-refractivity contribution < 1.29 is 9.90 Å². The molecule has 0 atom stereocenters. The summed E-state index contributed by atoms with van der Waals surface area (Å²) in [5.74, 6) is -0.494. The Balaban J connectivity index is 1.89. The molecule has 20 heavy (non-hydrogen) atoms. The standard InChI is InChI=1S/C16H12N2O2/c19-15-10-17-8-7-14(15)16(20)18-13-6-5-11-3-1-2-4-12(11)9-13/h1-10,19H,(H,18,20). The van der Waals surface area contributed by atoms with Crippen LogP contribution in [-0.4, -0.2) is 16.0 Å². The molecule has 0 aliphatic carbocycles. The fourth-order valence-corrected chi connectivity index (χ4v) is 2.04. The van der Waals surface area contributed by atoms with E-state index in [1.807, 2.05) is 42.5 Å². The van der Waals surface area contributed by atoms with Crippen LogP contribution in [0, 0.1) is 0 Å². The third kappa shape index (κ3) is 2.31. The molecule has 98 valence electrons. The largest absolute Gasteiger partial charge is 0.505 e. The number of fused-ring (bicyclic) bond motifs is 1. The van der Waals surface area contributed by atoms with Crippen LogP contribution in [-0.2, 0) is 0 Å². The van der Waals surface area contributed by atoms with E-state index < -0.39 is 0 Å². The molecule has 1 amide bonds. The van der Waals surface area contributed by atoms with Crippen molar-refractivity contribution >= 4 is 22.4 Å². The summed E-state index contributed by atoms with van der Waals surface area (Å²) < 4.78 is 0. The minimum Gasteiger partial charge on any atom is -0.505 e. The Morgan fingerprint density at radius 2 is 1.85 bits per heavy atom. The van der Waals surface area contributed by atoms with Gasteiger partial charge in [-0.3, -0.25) is 9.78 Å². The average Bonchev–Trinajstić information content (AvgIpc) is 2.47. The van der Waals surface area contributed by atoms with Gasteiger partial charge in [-0.15, -0.1) is 0 Å². The van der Waals surface area contributed by atoms with Crippen molar-refractivity contribution in [2.45, 2.75) is 0 Å². The van der Waals surface area contributed by atoms with E-state index >= 15 is 0 Å². The third-order valence-corrected chi connectivity index (χ3v) is 3.05. The first-order valence-electron chi connectivity index (χ1n) is 6.17. The summed E-state index contributed by atoms with van der Waals surface area (Å²) in [6, 6.07) is 15.1. The second kappa shape index (κ2) is 5.01. The van der Waals surface area contributed by atoms with Gasteiger partial charge in [-0.2, -0.15) is 0 Å². The first-order valence-corrected chi connectivity index (χ1v) is 6.17. The van der Waals surface area contributed by atoms with Crippen molar-refractivity contribution in [1.82, 2.24) is 4.98 Å². The van der Waals surface area contributed by atoms with Gasteiger partial charge in [-0.1, -0.05) is 30.3 Å². The Morgan fingerprint density at radius 1 is 1.05 bits per heavy atom. The highest BCUT2D eigenvalue weighted by atomic mass is 16.3. The number of benzene rings is 2. The number of nitrogens with one attached hydrogen (secondary N) is 1. The van der Waals surface area contributed by atoms with E-state index in [1.54, 1.807) is 0 Å². The van der Waals surface area contributed by atoms with E-state index in [4.69, 9.17) is 0 Å². The quantitative estimate of drug-likeness (QED) is 0.747. The zero-order chi connectivity index (χ0) is 13.9. The van der Waals surface area contributed by atoms with Crippen molar-refractivity contribution in [3.63, 3.8) is 0 Å². The summed E-state index contributed by atoms with van der Waals surface area (Å²) in [5.41, 5.74) is 0.887. The molecule has 2 aromatic carbocycles. The molecule has 0 fully saturated rings. The molecular formula is C16H12N2O2. The molecular weight excluding hydrogens is 252 g/mol. The van der Waals surface area contributed by atoms with Gasteiger partial charge in [0.05, 0.1) is 11.8 Å². The normalized spacial score (nSPS) is 10.4. The molecule has 0 radical (unpaired) electrons. The van der Waals surface area contributed by atoms with Gasteiger partial charge < -0.3 is 10.4 Å². The summed E-state index contributed by atoms with van der Waals surface area (Å²) >= 11 is 0. The highest BCUT2D eigenvalue weighted by Crippen LogP contribution is 2.21. The second-order valence-electron chi connectivity index (χ2n) is 4.41. The Hall–Kier alpha value is -2.88. The predicted molar refractivity (Wildman–Crippen MR) is 77.8 cm³/mol. The van der Waals surface area contributed by atoms with E-state index in [0.717, 1.165) is 10.8 Å². The van der Waals surface area contributed by atoms with Gasteiger partial charge in [0.2, 0.25) is 0 Å². The van der Waals surface area contributed by atoms with E-state index in [9.17, 15) is 9.90 Å². The lowest BCUT2D eigenvalue weighted by Gasteiger charge is -2.07. The minimum atomic E-state index is -0.361. The van der Waals surface area contributed by atoms with Gasteiger partial charge in [0, 0.05) is 11.9 Å². The highest BCUT2D eigenvalue weighted by molar-refractivity contribution is 6.06. The number of hydrogen-bond acceptors (Lipinski definition) is 3. The maximum Gasteiger partial charge on any atom is 0.259 e. The van der Waals surface area contributed by atoms with E-state index in [2.05, 4.69) is 10.3 Å². The number of carbonyl (C=O) groups is 1. The molecule has 0 aliphatic rings. The van der Waals surface area contributed by atoms with Crippen molar-refractivity contribution in [3.8, 4) is 5.75 Å². The van der Waals surface area contributed by atoms with Crippen molar-refractivity contribution in [2.24, 2.45) is 0 Å². The van der Waals surface area contributed by atoms with Crippen molar-refractivity contribution in [1.29, 1.82) is 0 Å². The zero-order valence-electron chi connectivity index (χ0n) is 10.6. The molecule has 2 N–H and O–H groups in total. The lowest BCUT2D eigenvalue weighted by molar-refractivity contribution is 0.102. The van der Waals surface area contributed by atoms with Crippen molar-refractivity contribution in [3.05, 3.63) is 66.5 Å². The fraction of sp³-hybridized carbons (Fsp3) is 0. The molecule has 0 spiro atoms. The van der Waals surface area contributed by atoms with Crippen LogP contribution in [0.15, 0.2) is 60.9 Å². The number of anilines is 1. The molecule has 0 saturated carbocycles. The molecule has 3 aromatic rings. The molecule has 1 heterocycles. The summed E-state index contributed by atoms with van der Waals surface area (Å²) in [4.78, 5) is 15.8. The molecule has 0 unspecified atom stereocenters. The highest BCUT2D eigenvalue weighted by Gasteiger charge is 2.10. The molecule has 4 nitrogen and oxygen atoms in total. The first kappa shape index (κ1) is 12.2. The fourth-order valence-electron chi connectivity index (χ4n) is 2.04. The van der Waals surface area contributed by atoms with Gasteiger partial charge in [-0.25, -0.2) is 0 Å². The molecule has 0 bridgehead atoms. The number of rotatable bonds is 2. The Morgan fingerprint density at radius 3 is 2.65 bits per heavy atom. The van der Waals surface area contributed by atoms with Crippen LogP contribution in [0.25, 0.3) is 10.8 Å². The Bertz CT molecular complexity index is 784. The molecule has 4 heteroatoms. The topological polar surface area (TPSA) is 62.2 Å². The van der Waals surface area contributed by atoms with Crippen LogP contribution in [0.4, 0.5) is 5.69 Å². The number of amides is 1. The predicted octanol–water partition coefficient (Wildman–Crippen LogP) is 3.19. The van der Waals surface area contributed by atoms with Gasteiger partial charge in [0.15, 0.2) is 0 Å². The van der Waals surface area contributed by atoms with Gasteiger partial charge in [-0.05, 0) is 29.0 Å². The SMILES string of the molecule is O=C(Nc1ccc2ccccc2c1)c1ccncc1O.